The molecular weight excluding hydrogens is 462 g/mol. The van der Waals surface area contributed by atoms with Crippen molar-refractivity contribution in [1.82, 2.24) is 21.0 Å². The minimum atomic E-state index is -0.390. The highest BCUT2D eigenvalue weighted by Crippen LogP contribution is 2.29. The largest absolute Gasteiger partial charge is 0.378 e. The molecule has 3 heterocycles. The number of hydrogen-bond donors (Lipinski definition) is 2. The van der Waals surface area contributed by atoms with E-state index in [1.165, 1.54) is 23.1 Å². The Morgan fingerprint density at radius 3 is 2.55 bits per heavy atom. The number of thioether (sulfide) groups is 1. The van der Waals surface area contributed by atoms with Gasteiger partial charge in [0.2, 0.25) is 0 Å². The number of anilines is 1. The molecule has 3 aromatic rings. The minimum absolute atomic E-state index is 0.388. The van der Waals surface area contributed by atoms with E-state index < -0.39 is 5.91 Å². The molecule has 0 radical (unpaired) electrons. The summed E-state index contributed by atoms with van der Waals surface area (Å²) in [4.78, 5) is 33.4. The molecule has 4 rings (SSSR count). The molecule has 1 aliphatic heterocycles. The highest BCUT2D eigenvalue weighted by atomic mass is 32.2. The highest BCUT2D eigenvalue weighted by molar-refractivity contribution is 7.98. The first-order valence-electron chi connectivity index (χ1n) is 10.5. The predicted molar refractivity (Wildman–Crippen MR) is 127 cm³/mol. The first-order valence-corrected chi connectivity index (χ1v) is 12.3. The topological polar surface area (TPSA) is 110 Å². The molecular formula is C22H25N5O4S2. The maximum absolute atomic E-state index is 12.8. The van der Waals surface area contributed by atoms with Gasteiger partial charge in [0.15, 0.2) is 5.13 Å². The third kappa shape index (κ3) is 5.37. The maximum atomic E-state index is 12.8. The Morgan fingerprint density at radius 1 is 1.09 bits per heavy atom. The summed E-state index contributed by atoms with van der Waals surface area (Å²) in [5.41, 5.74) is 8.01. The summed E-state index contributed by atoms with van der Waals surface area (Å²) in [6.45, 7) is 8.33. The Hall–Kier alpha value is -2.89. The zero-order chi connectivity index (χ0) is 23.4. The van der Waals surface area contributed by atoms with Gasteiger partial charge in [-0.2, -0.15) is 0 Å². The molecule has 0 unspecified atom stereocenters. The van der Waals surface area contributed by atoms with Crippen LogP contribution in [0, 0.1) is 20.8 Å². The molecule has 0 spiro atoms. The van der Waals surface area contributed by atoms with Crippen LogP contribution in [0.4, 0.5) is 5.13 Å². The Balaban J connectivity index is 1.39. The van der Waals surface area contributed by atoms with Crippen LogP contribution in [0.1, 0.15) is 42.7 Å². The number of aromatic nitrogens is 2. The van der Waals surface area contributed by atoms with Gasteiger partial charge in [0.05, 0.1) is 30.2 Å². The van der Waals surface area contributed by atoms with Crippen LogP contribution in [0.25, 0.3) is 0 Å². The van der Waals surface area contributed by atoms with Crippen molar-refractivity contribution in [2.45, 2.75) is 31.4 Å². The van der Waals surface area contributed by atoms with Crippen LogP contribution in [0.3, 0.4) is 0 Å². The molecule has 2 N–H and O–H groups in total. The second kappa shape index (κ2) is 10.4. The molecule has 174 valence electrons. The molecule has 33 heavy (non-hydrogen) atoms. The smallest absolute Gasteiger partial charge is 0.281 e. The SMILES string of the molecule is Cc1nc(N2CCOCC2)sc1C(=O)NNC(=O)c1ccccc1SCc1c(C)noc1C. The lowest BCUT2D eigenvalue weighted by molar-refractivity contribution is 0.0846. The fourth-order valence-electron chi connectivity index (χ4n) is 3.36. The summed E-state index contributed by atoms with van der Waals surface area (Å²) in [6.07, 6.45) is 0. The van der Waals surface area contributed by atoms with Gasteiger partial charge in [-0.05, 0) is 32.9 Å². The van der Waals surface area contributed by atoms with Crippen molar-refractivity contribution in [2.24, 2.45) is 0 Å². The third-order valence-electron chi connectivity index (χ3n) is 5.25. The molecule has 1 fully saturated rings. The molecule has 0 aliphatic carbocycles. The summed E-state index contributed by atoms with van der Waals surface area (Å²) < 4.78 is 10.6. The number of carbonyl (C=O) groups excluding carboxylic acids is 2. The molecule has 1 aliphatic rings. The van der Waals surface area contributed by atoms with E-state index in [1.807, 2.05) is 26.0 Å². The van der Waals surface area contributed by atoms with Crippen LogP contribution in [0.15, 0.2) is 33.7 Å². The number of nitrogens with one attached hydrogen (secondary N) is 2. The Kier molecular flexibility index (Phi) is 7.31. The fraction of sp³-hybridized carbons (Fsp3) is 0.364. The first-order chi connectivity index (χ1) is 15.9. The van der Waals surface area contributed by atoms with Crippen molar-refractivity contribution in [3.63, 3.8) is 0 Å². The van der Waals surface area contributed by atoms with Gasteiger partial charge in [-0.1, -0.05) is 28.6 Å². The van der Waals surface area contributed by atoms with E-state index >= 15 is 0 Å². The van der Waals surface area contributed by atoms with Crippen LogP contribution in [0.5, 0.6) is 0 Å². The number of carbonyl (C=O) groups is 2. The lowest BCUT2D eigenvalue weighted by atomic mass is 10.2. The molecule has 0 saturated carbocycles. The summed E-state index contributed by atoms with van der Waals surface area (Å²) >= 11 is 2.83. The lowest BCUT2D eigenvalue weighted by Gasteiger charge is -2.25. The van der Waals surface area contributed by atoms with E-state index in [0.717, 1.165) is 40.1 Å². The molecule has 2 aromatic heterocycles. The molecule has 2 amide bonds. The summed E-state index contributed by atoms with van der Waals surface area (Å²) in [5, 5.41) is 4.76. The number of benzene rings is 1. The Labute approximate surface area is 199 Å². The van der Waals surface area contributed by atoms with E-state index in [1.54, 1.807) is 19.1 Å². The first kappa shape index (κ1) is 23.3. The van der Waals surface area contributed by atoms with E-state index in [0.29, 0.717) is 35.1 Å². The van der Waals surface area contributed by atoms with Crippen molar-refractivity contribution in [1.29, 1.82) is 0 Å². The number of thiazole rings is 1. The number of hydrogen-bond acceptors (Lipinski definition) is 9. The zero-order valence-electron chi connectivity index (χ0n) is 18.6. The van der Waals surface area contributed by atoms with Crippen LogP contribution in [-0.4, -0.2) is 48.3 Å². The van der Waals surface area contributed by atoms with E-state index in [-0.39, 0.29) is 5.91 Å². The second-order valence-corrected chi connectivity index (χ2v) is 9.50. The average molecular weight is 488 g/mol. The molecule has 1 saturated heterocycles. The van der Waals surface area contributed by atoms with Gasteiger partial charge < -0.3 is 14.2 Å². The summed E-state index contributed by atoms with van der Waals surface area (Å²) in [7, 11) is 0. The van der Waals surface area contributed by atoms with Crippen LogP contribution in [0.2, 0.25) is 0 Å². The van der Waals surface area contributed by atoms with Crippen LogP contribution in [-0.2, 0) is 10.5 Å². The Bertz CT molecular complexity index is 1130. The van der Waals surface area contributed by atoms with Gasteiger partial charge in [0.1, 0.15) is 10.6 Å². The molecule has 1 aromatic carbocycles. The predicted octanol–water partition coefficient (Wildman–Crippen LogP) is 3.26. The average Bonchev–Trinajstić information content (AvgIpc) is 3.38. The number of amides is 2. The molecule has 9 nitrogen and oxygen atoms in total. The van der Waals surface area contributed by atoms with E-state index in [2.05, 4.69) is 25.9 Å². The zero-order valence-corrected chi connectivity index (χ0v) is 20.3. The normalized spacial score (nSPS) is 13.7. The van der Waals surface area contributed by atoms with Gasteiger partial charge in [-0.15, -0.1) is 11.8 Å². The Morgan fingerprint density at radius 2 is 1.82 bits per heavy atom. The number of hydrazine groups is 1. The second-order valence-electron chi connectivity index (χ2n) is 7.51. The quantitative estimate of drug-likeness (QED) is 0.403. The van der Waals surface area contributed by atoms with Crippen molar-refractivity contribution < 1.29 is 18.8 Å². The van der Waals surface area contributed by atoms with Crippen molar-refractivity contribution in [2.75, 3.05) is 31.2 Å². The number of aryl methyl sites for hydroxylation is 3. The minimum Gasteiger partial charge on any atom is -0.378 e. The number of rotatable bonds is 6. The van der Waals surface area contributed by atoms with Gasteiger partial charge in [-0.3, -0.25) is 20.4 Å². The third-order valence-corrected chi connectivity index (χ3v) is 7.56. The van der Waals surface area contributed by atoms with Gasteiger partial charge >= 0.3 is 0 Å². The van der Waals surface area contributed by atoms with Crippen molar-refractivity contribution in [3.05, 3.63) is 57.4 Å². The van der Waals surface area contributed by atoms with Crippen molar-refractivity contribution in [3.8, 4) is 0 Å². The number of ether oxygens (including phenoxy) is 1. The summed E-state index contributed by atoms with van der Waals surface area (Å²) in [5.74, 6) is 0.618. The lowest BCUT2D eigenvalue weighted by Crippen LogP contribution is -2.41. The maximum Gasteiger partial charge on any atom is 0.281 e. The van der Waals surface area contributed by atoms with Crippen LogP contribution >= 0.6 is 23.1 Å². The molecule has 11 heteroatoms. The standard InChI is InChI=1S/C22H25N5O4S2/c1-13-17(15(3)31-26-13)12-32-18-7-5-4-6-16(18)20(28)24-25-21(29)19-14(2)23-22(33-19)27-8-10-30-11-9-27/h4-7H,8-12H2,1-3H3,(H,24,28)(H,25,29). The van der Waals surface area contributed by atoms with Gasteiger partial charge in [-0.25, -0.2) is 4.98 Å². The molecule has 0 atom stereocenters. The monoisotopic (exact) mass is 487 g/mol. The summed E-state index contributed by atoms with van der Waals surface area (Å²) in [6, 6.07) is 7.27. The number of nitrogens with zero attached hydrogens (tertiary/aromatic N) is 3. The highest BCUT2D eigenvalue weighted by Gasteiger charge is 2.21. The van der Waals surface area contributed by atoms with Crippen LogP contribution < -0.4 is 15.8 Å². The van der Waals surface area contributed by atoms with Crippen molar-refractivity contribution >= 4 is 40.0 Å². The fourth-order valence-corrected chi connectivity index (χ4v) is 5.58. The van der Waals surface area contributed by atoms with Gasteiger partial charge in [0, 0.05) is 29.3 Å². The number of morpholine rings is 1. The molecule has 0 bridgehead atoms. The van der Waals surface area contributed by atoms with E-state index in [4.69, 9.17) is 9.26 Å². The van der Waals surface area contributed by atoms with E-state index in [9.17, 15) is 9.59 Å². The van der Waals surface area contributed by atoms with Gasteiger partial charge in [0.25, 0.3) is 11.8 Å².